The lowest BCUT2D eigenvalue weighted by molar-refractivity contribution is 0.139. The van der Waals surface area contributed by atoms with Crippen LogP contribution in [0.25, 0.3) is 11.4 Å². The van der Waals surface area contributed by atoms with Gasteiger partial charge < -0.3 is 20.5 Å². The smallest absolute Gasteiger partial charge is 0.171 e. The minimum Gasteiger partial charge on any atom is -0.492 e. The van der Waals surface area contributed by atoms with Gasteiger partial charge in [0.15, 0.2) is 12.1 Å². The van der Waals surface area contributed by atoms with Gasteiger partial charge in [-0.2, -0.15) is 5.10 Å². The van der Waals surface area contributed by atoms with Gasteiger partial charge in [-0.3, -0.25) is 10.3 Å². The summed E-state index contributed by atoms with van der Waals surface area (Å²) in [7, 11) is 0. The molecule has 3 aromatic rings. The fraction of sp³-hybridized carbons (Fsp3) is 0.292. The molecule has 1 fully saturated rings. The molecule has 33 heavy (non-hydrogen) atoms. The lowest BCUT2D eigenvalue weighted by Crippen LogP contribution is -2.44. The first-order valence-electron chi connectivity index (χ1n) is 11.1. The Morgan fingerprint density at radius 2 is 1.82 bits per heavy atom. The topological polar surface area (TPSA) is 107 Å². The van der Waals surface area contributed by atoms with E-state index in [0.717, 1.165) is 49.7 Å². The number of aliphatic hydroxyl groups is 1. The molecule has 1 saturated heterocycles. The first-order valence-corrected chi connectivity index (χ1v) is 11.1. The minimum absolute atomic E-state index is 0.525. The zero-order valence-electron chi connectivity index (χ0n) is 18.2. The highest BCUT2D eigenvalue weighted by Gasteiger charge is 2.23. The van der Waals surface area contributed by atoms with Crippen LogP contribution in [0, 0.1) is 0 Å². The van der Waals surface area contributed by atoms with Crippen LogP contribution in [0.4, 0.5) is 11.5 Å². The monoisotopic (exact) mass is 445 g/mol. The van der Waals surface area contributed by atoms with Crippen molar-refractivity contribution in [2.75, 3.05) is 44.6 Å². The van der Waals surface area contributed by atoms with Gasteiger partial charge in [0.05, 0.1) is 17.5 Å². The molecular weight excluding hydrogens is 418 g/mol. The Bertz CT molecular complexity index is 1100. The van der Waals surface area contributed by atoms with E-state index in [4.69, 9.17) is 9.72 Å². The first-order chi connectivity index (χ1) is 16.3. The molecule has 0 spiro atoms. The van der Waals surface area contributed by atoms with Gasteiger partial charge in [0.25, 0.3) is 0 Å². The van der Waals surface area contributed by atoms with Crippen LogP contribution in [-0.2, 0) is 0 Å². The Morgan fingerprint density at radius 1 is 1.03 bits per heavy atom. The summed E-state index contributed by atoms with van der Waals surface area (Å²) >= 11 is 0. The van der Waals surface area contributed by atoms with Crippen LogP contribution in [0.15, 0.2) is 59.7 Å². The van der Waals surface area contributed by atoms with Crippen molar-refractivity contribution in [2.24, 2.45) is 5.10 Å². The fourth-order valence-corrected chi connectivity index (χ4v) is 3.90. The molecule has 9 nitrogen and oxygen atoms in total. The van der Waals surface area contributed by atoms with E-state index in [0.29, 0.717) is 29.5 Å². The summed E-state index contributed by atoms with van der Waals surface area (Å²) in [4.78, 5) is 11.7. The third-order valence-electron chi connectivity index (χ3n) is 5.67. The summed E-state index contributed by atoms with van der Waals surface area (Å²) in [5.41, 5.74) is 5.51. The molecule has 0 amide bonds. The molecular formula is C24H27N7O2. The quantitative estimate of drug-likeness (QED) is 0.438. The Balaban J connectivity index is 1.31. The van der Waals surface area contributed by atoms with Gasteiger partial charge in [-0.1, -0.05) is 30.3 Å². The number of nitrogens with one attached hydrogen (secondary N) is 3. The SMILES string of the molecule is OC1NN=Cc2nc(-c3ccccc3)nc(Nc3ccc(OCCN4CCNCC4)cc3)c21. The summed E-state index contributed by atoms with van der Waals surface area (Å²) in [5, 5.41) is 21.1. The lowest BCUT2D eigenvalue weighted by atomic mass is 10.1. The summed E-state index contributed by atoms with van der Waals surface area (Å²) in [6.07, 6.45) is 0.598. The highest BCUT2D eigenvalue weighted by molar-refractivity contribution is 5.84. The molecule has 0 bridgehead atoms. The number of aliphatic hydroxyl groups excluding tert-OH is 1. The molecule has 4 N–H and O–H groups in total. The van der Waals surface area contributed by atoms with E-state index in [-0.39, 0.29) is 0 Å². The number of nitrogens with zero attached hydrogens (tertiary/aromatic N) is 4. The summed E-state index contributed by atoms with van der Waals surface area (Å²) in [5.74, 6) is 1.90. The van der Waals surface area contributed by atoms with Crippen LogP contribution in [0.3, 0.4) is 0 Å². The van der Waals surface area contributed by atoms with Gasteiger partial charge in [0, 0.05) is 44.0 Å². The summed E-state index contributed by atoms with van der Waals surface area (Å²) in [6, 6.07) is 17.5. The van der Waals surface area contributed by atoms with Crippen molar-refractivity contribution in [3.8, 4) is 17.1 Å². The van der Waals surface area contributed by atoms with E-state index in [2.05, 4.69) is 31.0 Å². The van der Waals surface area contributed by atoms with E-state index in [9.17, 15) is 5.11 Å². The second kappa shape index (κ2) is 9.95. The molecule has 5 rings (SSSR count). The number of hydrogen-bond acceptors (Lipinski definition) is 9. The van der Waals surface area contributed by atoms with E-state index in [1.807, 2.05) is 54.6 Å². The van der Waals surface area contributed by atoms with Gasteiger partial charge in [0.1, 0.15) is 18.2 Å². The summed E-state index contributed by atoms with van der Waals surface area (Å²) in [6.45, 7) is 5.77. The number of anilines is 2. The maximum atomic E-state index is 10.5. The molecule has 2 aliphatic heterocycles. The van der Waals surface area contributed by atoms with Crippen LogP contribution >= 0.6 is 0 Å². The molecule has 3 heterocycles. The van der Waals surface area contributed by atoms with Crippen molar-refractivity contribution in [1.29, 1.82) is 0 Å². The van der Waals surface area contributed by atoms with Crippen LogP contribution < -0.4 is 20.8 Å². The third-order valence-corrected chi connectivity index (χ3v) is 5.67. The van der Waals surface area contributed by atoms with Gasteiger partial charge in [-0.15, -0.1) is 0 Å². The Labute approximate surface area is 192 Å². The van der Waals surface area contributed by atoms with Crippen LogP contribution in [-0.4, -0.2) is 65.5 Å². The number of piperazine rings is 1. The molecule has 2 aromatic carbocycles. The normalized spacial score (nSPS) is 17.8. The number of benzene rings is 2. The highest BCUT2D eigenvalue weighted by atomic mass is 16.5. The van der Waals surface area contributed by atoms with Crippen molar-refractivity contribution in [3.63, 3.8) is 0 Å². The van der Waals surface area contributed by atoms with Crippen LogP contribution in [0.1, 0.15) is 17.5 Å². The number of rotatable bonds is 7. The van der Waals surface area contributed by atoms with Gasteiger partial charge in [-0.05, 0) is 24.3 Å². The second-order valence-corrected chi connectivity index (χ2v) is 7.94. The predicted octanol–water partition coefficient (Wildman–Crippen LogP) is 2.10. The van der Waals surface area contributed by atoms with E-state index >= 15 is 0 Å². The van der Waals surface area contributed by atoms with Crippen LogP contribution in [0.2, 0.25) is 0 Å². The van der Waals surface area contributed by atoms with Crippen molar-refractivity contribution < 1.29 is 9.84 Å². The zero-order valence-corrected chi connectivity index (χ0v) is 18.2. The predicted molar refractivity (Wildman–Crippen MR) is 128 cm³/mol. The molecule has 1 atom stereocenters. The number of hydrogen-bond donors (Lipinski definition) is 4. The average Bonchev–Trinajstić information content (AvgIpc) is 2.86. The first kappa shape index (κ1) is 21.3. The van der Waals surface area contributed by atoms with Gasteiger partial charge in [0.2, 0.25) is 0 Å². The average molecular weight is 446 g/mol. The molecule has 9 heteroatoms. The third kappa shape index (κ3) is 5.11. The number of fused-ring (bicyclic) bond motifs is 1. The number of aromatic nitrogens is 2. The minimum atomic E-state index is -0.995. The van der Waals surface area contributed by atoms with Gasteiger partial charge >= 0.3 is 0 Å². The van der Waals surface area contributed by atoms with Gasteiger partial charge in [-0.25, -0.2) is 9.97 Å². The maximum absolute atomic E-state index is 10.5. The fourth-order valence-electron chi connectivity index (χ4n) is 3.90. The van der Waals surface area contributed by atoms with E-state index in [1.54, 1.807) is 6.21 Å². The number of hydrazone groups is 1. The Kier molecular flexibility index (Phi) is 6.43. The Hall–Kier alpha value is -3.53. The highest BCUT2D eigenvalue weighted by Crippen LogP contribution is 2.30. The van der Waals surface area contributed by atoms with E-state index < -0.39 is 6.23 Å². The molecule has 2 aliphatic rings. The molecule has 1 aromatic heterocycles. The molecule has 170 valence electrons. The van der Waals surface area contributed by atoms with Crippen molar-refractivity contribution in [1.82, 2.24) is 25.6 Å². The van der Waals surface area contributed by atoms with Crippen molar-refractivity contribution in [3.05, 3.63) is 65.9 Å². The largest absolute Gasteiger partial charge is 0.492 e. The molecule has 1 unspecified atom stereocenters. The van der Waals surface area contributed by atoms with E-state index in [1.165, 1.54) is 0 Å². The second-order valence-electron chi connectivity index (χ2n) is 7.94. The maximum Gasteiger partial charge on any atom is 0.171 e. The molecule has 0 aliphatic carbocycles. The molecule has 0 saturated carbocycles. The van der Waals surface area contributed by atoms with Crippen molar-refractivity contribution in [2.45, 2.75) is 6.23 Å². The summed E-state index contributed by atoms with van der Waals surface area (Å²) < 4.78 is 5.92. The standard InChI is InChI=1S/C24H27N7O2/c32-24-21-20(16-26-30-24)28-22(17-4-2-1-3-5-17)29-23(21)27-18-6-8-19(9-7-18)33-15-14-31-12-10-25-11-13-31/h1-9,16,24-25,30,32H,10-15H2,(H,27,28,29). The zero-order chi connectivity index (χ0) is 22.5. The Morgan fingerprint density at radius 3 is 2.61 bits per heavy atom. The van der Waals surface area contributed by atoms with Crippen LogP contribution in [0.5, 0.6) is 5.75 Å². The molecule has 0 radical (unpaired) electrons. The lowest BCUT2D eigenvalue weighted by Gasteiger charge is -2.26. The number of ether oxygens (including phenoxy) is 1. The van der Waals surface area contributed by atoms with Crippen molar-refractivity contribution >= 4 is 17.7 Å².